The van der Waals surface area contributed by atoms with Gasteiger partial charge in [-0.15, -0.1) is 0 Å². The first kappa shape index (κ1) is 16.1. The Labute approximate surface area is 117 Å². The number of amides is 1. The molecule has 0 fully saturated rings. The summed E-state index contributed by atoms with van der Waals surface area (Å²) in [6.45, 7) is 0.552. The monoisotopic (exact) mass is 280 g/mol. The number of nitrogens with one attached hydrogen (secondary N) is 1. The first-order chi connectivity index (χ1) is 9.54. The minimum absolute atomic E-state index is 0.143. The molecular formula is C14H20N2O4. The molecule has 0 heterocycles. The molecule has 1 aromatic rings. The van der Waals surface area contributed by atoms with Gasteiger partial charge in [0.1, 0.15) is 0 Å². The number of hydrogen-bond acceptors (Lipinski definition) is 4. The van der Waals surface area contributed by atoms with E-state index in [1.165, 1.54) is 0 Å². The van der Waals surface area contributed by atoms with Crippen LogP contribution in [0.4, 0.5) is 5.69 Å². The van der Waals surface area contributed by atoms with Crippen LogP contribution in [0.2, 0.25) is 0 Å². The van der Waals surface area contributed by atoms with Crippen molar-refractivity contribution in [2.75, 3.05) is 19.0 Å². The molecule has 6 nitrogen and oxygen atoms in total. The Kier molecular flexibility index (Phi) is 6.69. The number of carbonyl (C=O) groups excluding carboxylic acids is 1. The minimum Gasteiger partial charge on any atom is -0.481 e. The lowest BCUT2D eigenvalue weighted by Crippen LogP contribution is -2.36. The normalized spacial score (nSPS) is 11.9. The SMILES string of the molecule is COCCCC(N)C(=O)Nc1ccccc1CC(=O)O. The van der Waals surface area contributed by atoms with Crippen LogP contribution in [0.3, 0.4) is 0 Å². The van der Waals surface area contributed by atoms with Crippen molar-refractivity contribution < 1.29 is 19.4 Å². The zero-order valence-electron chi connectivity index (χ0n) is 11.5. The number of carboxylic acid groups (broad SMARTS) is 1. The first-order valence-electron chi connectivity index (χ1n) is 6.39. The lowest BCUT2D eigenvalue weighted by atomic mass is 10.1. The predicted molar refractivity (Wildman–Crippen MR) is 75.5 cm³/mol. The maximum Gasteiger partial charge on any atom is 0.307 e. The van der Waals surface area contributed by atoms with Crippen LogP contribution >= 0.6 is 0 Å². The summed E-state index contributed by atoms with van der Waals surface area (Å²) in [7, 11) is 1.59. The van der Waals surface area contributed by atoms with Crippen LogP contribution in [0, 0.1) is 0 Å². The fourth-order valence-electron chi connectivity index (χ4n) is 1.76. The molecule has 1 atom stereocenters. The molecule has 1 aromatic carbocycles. The molecule has 0 aliphatic rings. The fraction of sp³-hybridized carbons (Fsp3) is 0.429. The predicted octanol–water partition coefficient (Wildman–Crippen LogP) is 1.01. The van der Waals surface area contributed by atoms with Gasteiger partial charge in [0.2, 0.25) is 5.91 Å². The highest BCUT2D eigenvalue weighted by atomic mass is 16.5. The molecule has 0 radical (unpaired) electrons. The molecule has 0 bridgehead atoms. The average Bonchev–Trinajstić information content (AvgIpc) is 2.40. The van der Waals surface area contributed by atoms with Gasteiger partial charge in [0, 0.05) is 19.4 Å². The van der Waals surface area contributed by atoms with Crippen molar-refractivity contribution in [2.24, 2.45) is 5.73 Å². The summed E-state index contributed by atoms with van der Waals surface area (Å²) in [5.41, 5.74) is 6.81. The van der Waals surface area contributed by atoms with Gasteiger partial charge in [-0.1, -0.05) is 18.2 Å². The van der Waals surface area contributed by atoms with E-state index in [0.717, 1.165) is 0 Å². The summed E-state index contributed by atoms with van der Waals surface area (Å²) in [6, 6.07) is 6.16. The van der Waals surface area contributed by atoms with Crippen molar-refractivity contribution in [3.05, 3.63) is 29.8 Å². The van der Waals surface area contributed by atoms with Crippen LogP contribution in [0.1, 0.15) is 18.4 Å². The van der Waals surface area contributed by atoms with Crippen LogP contribution in [0.25, 0.3) is 0 Å². The highest BCUT2D eigenvalue weighted by Gasteiger charge is 2.15. The summed E-state index contributed by atoms with van der Waals surface area (Å²) in [6.07, 6.45) is 1.07. The summed E-state index contributed by atoms with van der Waals surface area (Å²) in [5.74, 6) is -1.27. The molecule has 6 heteroatoms. The number of benzene rings is 1. The quantitative estimate of drug-likeness (QED) is 0.617. The number of carboxylic acids is 1. The Bertz CT molecular complexity index is 462. The molecule has 1 unspecified atom stereocenters. The van der Waals surface area contributed by atoms with Gasteiger partial charge < -0.3 is 20.9 Å². The second-order valence-electron chi connectivity index (χ2n) is 4.46. The molecule has 1 amide bonds. The molecule has 20 heavy (non-hydrogen) atoms. The molecule has 0 saturated heterocycles. The van der Waals surface area contributed by atoms with Crippen molar-refractivity contribution in [1.82, 2.24) is 0 Å². The van der Waals surface area contributed by atoms with Crippen molar-refractivity contribution >= 4 is 17.6 Å². The third-order valence-corrected chi connectivity index (χ3v) is 2.82. The lowest BCUT2D eigenvalue weighted by molar-refractivity contribution is -0.136. The average molecular weight is 280 g/mol. The van der Waals surface area contributed by atoms with E-state index in [0.29, 0.717) is 30.7 Å². The summed E-state index contributed by atoms with van der Waals surface area (Å²) in [5, 5.41) is 11.5. The topological polar surface area (TPSA) is 102 Å². The van der Waals surface area contributed by atoms with Gasteiger partial charge >= 0.3 is 5.97 Å². The number of ether oxygens (including phenoxy) is 1. The first-order valence-corrected chi connectivity index (χ1v) is 6.39. The second-order valence-corrected chi connectivity index (χ2v) is 4.46. The van der Waals surface area contributed by atoms with E-state index in [9.17, 15) is 9.59 Å². The second kappa shape index (κ2) is 8.29. The molecule has 0 aliphatic heterocycles. The zero-order chi connectivity index (χ0) is 15.0. The zero-order valence-corrected chi connectivity index (χ0v) is 11.5. The Balaban J connectivity index is 2.63. The number of aliphatic carboxylic acids is 1. The van der Waals surface area contributed by atoms with Crippen LogP contribution < -0.4 is 11.1 Å². The number of anilines is 1. The van der Waals surface area contributed by atoms with E-state index < -0.39 is 12.0 Å². The summed E-state index contributed by atoms with van der Waals surface area (Å²) >= 11 is 0. The molecule has 4 N–H and O–H groups in total. The molecule has 110 valence electrons. The standard InChI is InChI=1S/C14H20N2O4/c1-20-8-4-6-11(15)14(19)16-12-7-3-2-5-10(12)9-13(17)18/h2-3,5,7,11H,4,6,8-9,15H2,1H3,(H,16,19)(H,17,18). The van der Waals surface area contributed by atoms with Gasteiger partial charge in [0.25, 0.3) is 0 Å². The van der Waals surface area contributed by atoms with E-state index in [4.69, 9.17) is 15.6 Å². The van der Waals surface area contributed by atoms with Crippen LogP contribution in [-0.4, -0.2) is 36.7 Å². The maximum atomic E-state index is 11.9. The van der Waals surface area contributed by atoms with Gasteiger partial charge in [-0.3, -0.25) is 9.59 Å². The lowest BCUT2D eigenvalue weighted by Gasteiger charge is -2.14. The third kappa shape index (κ3) is 5.38. The van der Waals surface area contributed by atoms with Crippen LogP contribution in [0.15, 0.2) is 24.3 Å². The summed E-state index contributed by atoms with van der Waals surface area (Å²) < 4.78 is 4.90. The van der Waals surface area contributed by atoms with Gasteiger partial charge in [0.05, 0.1) is 12.5 Å². The van der Waals surface area contributed by atoms with E-state index in [-0.39, 0.29) is 12.3 Å². The van der Waals surface area contributed by atoms with Crippen LogP contribution in [0.5, 0.6) is 0 Å². The van der Waals surface area contributed by atoms with Crippen molar-refractivity contribution in [3.8, 4) is 0 Å². The highest BCUT2D eigenvalue weighted by Crippen LogP contribution is 2.16. The molecule has 0 saturated carbocycles. The van der Waals surface area contributed by atoms with Gasteiger partial charge in [-0.05, 0) is 24.5 Å². The third-order valence-electron chi connectivity index (χ3n) is 2.82. The number of para-hydroxylation sites is 1. The Morgan fingerprint density at radius 3 is 2.75 bits per heavy atom. The number of carbonyl (C=O) groups is 2. The van der Waals surface area contributed by atoms with Gasteiger partial charge in [-0.2, -0.15) is 0 Å². The van der Waals surface area contributed by atoms with Crippen molar-refractivity contribution in [1.29, 1.82) is 0 Å². The Morgan fingerprint density at radius 1 is 1.40 bits per heavy atom. The van der Waals surface area contributed by atoms with Gasteiger partial charge in [0.15, 0.2) is 0 Å². The largest absolute Gasteiger partial charge is 0.481 e. The Morgan fingerprint density at radius 2 is 2.10 bits per heavy atom. The van der Waals surface area contributed by atoms with Gasteiger partial charge in [-0.25, -0.2) is 0 Å². The number of hydrogen-bond donors (Lipinski definition) is 3. The molecule has 1 rings (SSSR count). The molecule has 0 spiro atoms. The maximum absolute atomic E-state index is 11.9. The fourth-order valence-corrected chi connectivity index (χ4v) is 1.76. The number of methoxy groups -OCH3 is 1. The van der Waals surface area contributed by atoms with Crippen molar-refractivity contribution in [2.45, 2.75) is 25.3 Å². The van der Waals surface area contributed by atoms with E-state index in [1.54, 1.807) is 31.4 Å². The smallest absolute Gasteiger partial charge is 0.307 e. The van der Waals surface area contributed by atoms with Crippen molar-refractivity contribution in [3.63, 3.8) is 0 Å². The van der Waals surface area contributed by atoms with E-state index >= 15 is 0 Å². The molecule has 0 aromatic heterocycles. The molecule has 0 aliphatic carbocycles. The van der Waals surface area contributed by atoms with Crippen LogP contribution in [-0.2, 0) is 20.7 Å². The molecular weight excluding hydrogens is 260 g/mol. The summed E-state index contributed by atoms with van der Waals surface area (Å²) in [4.78, 5) is 22.7. The van der Waals surface area contributed by atoms with E-state index in [1.807, 2.05) is 0 Å². The highest BCUT2D eigenvalue weighted by molar-refractivity contribution is 5.95. The number of rotatable bonds is 8. The number of nitrogens with two attached hydrogens (primary N) is 1. The Hall–Kier alpha value is -1.92. The van der Waals surface area contributed by atoms with E-state index in [2.05, 4.69) is 5.32 Å². The minimum atomic E-state index is -0.948.